The van der Waals surface area contributed by atoms with Crippen LogP contribution < -0.4 is 11.1 Å². The molecule has 2 aromatic carbocycles. The Bertz CT molecular complexity index is 729. The predicted molar refractivity (Wildman–Crippen MR) is 104 cm³/mol. The topological polar surface area (TPSA) is 75.4 Å². The second-order valence-corrected chi connectivity index (χ2v) is 6.60. The Kier molecular flexibility index (Phi) is 6.92. The summed E-state index contributed by atoms with van der Waals surface area (Å²) in [4.78, 5) is 26.9. The number of rotatable bonds is 7. The first-order valence-electron chi connectivity index (χ1n) is 8.80. The molecule has 0 aliphatic carbocycles. The zero-order valence-corrected chi connectivity index (χ0v) is 15.6. The molecule has 2 aromatic rings. The summed E-state index contributed by atoms with van der Waals surface area (Å²) >= 11 is 0. The SMILES string of the molecule is Cc1ccc(C(=O)NC(CC(=O)N(C)C(C)CN)c2ccccc2)cc1. The van der Waals surface area contributed by atoms with Crippen LogP contribution in [-0.2, 0) is 4.79 Å². The second-order valence-electron chi connectivity index (χ2n) is 6.60. The average molecular weight is 353 g/mol. The Labute approximate surface area is 155 Å². The molecule has 5 heteroatoms. The zero-order chi connectivity index (χ0) is 19.1. The third-order valence-electron chi connectivity index (χ3n) is 4.60. The maximum absolute atomic E-state index is 12.6. The Balaban J connectivity index is 2.18. The van der Waals surface area contributed by atoms with Crippen molar-refractivity contribution in [2.24, 2.45) is 5.73 Å². The van der Waals surface area contributed by atoms with Crippen LogP contribution in [0.3, 0.4) is 0 Å². The van der Waals surface area contributed by atoms with Crippen molar-refractivity contribution in [3.63, 3.8) is 0 Å². The highest BCUT2D eigenvalue weighted by Gasteiger charge is 2.22. The summed E-state index contributed by atoms with van der Waals surface area (Å²) in [5, 5.41) is 2.99. The number of nitrogens with two attached hydrogens (primary N) is 1. The highest BCUT2D eigenvalue weighted by molar-refractivity contribution is 5.94. The lowest BCUT2D eigenvalue weighted by atomic mass is 10.0. The highest BCUT2D eigenvalue weighted by Crippen LogP contribution is 2.19. The van der Waals surface area contributed by atoms with E-state index in [2.05, 4.69) is 5.32 Å². The second kappa shape index (κ2) is 9.15. The first-order valence-corrected chi connectivity index (χ1v) is 8.80. The van der Waals surface area contributed by atoms with Crippen LogP contribution in [0.2, 0.25) is 0 Å². The van der Waals surface area contributed by atoms with Crippen LogP contribution in [-0.4, -0.2) is 36.3 Å². The summed E-state index contributed by atoms with van der Waals surface area (Å²) in [5.74, 6) is -0.248. The van der Waals surface area contributed by atoms with Crippen LogP contribution in [0, 0.1) is 6.92 Å². The molecule has 0 aliphatic rings. The minimum absolute atomic E-state index is 0.0493. The molecule has 5 nitrogen and oxygen atoms in total. The van der Waals surface area contributed by atoms with Gasteiger partial charge in [-0.05, 0) is 31.5 Å². The van der Waals surface area contributed by atoms with E-state index in [0.29, 0.717) is 12.1 Å². The van der Waals surface area contributed by atoms with Gasteiger partial charge < -0.3 is 16.0 Å². The Hall–Kier alpha value is -2.66. The van der Waals surface area contributed by atoms with E-state index in [0.717, 1.165) is 11.1 Å². The van der Waals surface area contributed by atoms with Crippen molar-refractivity contribution in [1.82, 2.24) is 10.2 Å². The monoisotopic (exact) mass is 353 g/mol. The number of benzene rings is 2. The molecular weight excluding hydrogens is 326 g/mol. The number of hydrogen-bond acceptors (Lipinski definition) is 3. The number of aryl methyl sites for hydroxylation is 1. The lowest BCUT2D eigenvalue weighted by Crippen LogP contribution is -2.41. The van der Waals surface area contributed by atoms with Crippen LogP contribution in [0.1, 0.15) is 40.9 Å². The molecule has 0 fully saturated rings. The van der Waals surface area contributed by atoms with Crippen molar-refractivity contribution in [1.29, 1.82) is 0 Å². The minimum atomic E-state index is -0.398. The molecule has 2 amide bonds. The van der Waals surface area contributed by atoms with Gasteiger partial charge in [0.2, 0.25) is 5.91 Å². The molecule has 0 saturated carbocycles. The largest absolute Gasteiger partial charge is 0.345 e. The van der Waals surface area contributed by atoms with Gasteiger partial charge in [0.25, 0.3) is 5.91 Å². The molecule has 0 aliphatic heterocycles. The van der Waals surface area contributed by atoms with Gasteiger partial charge >= 0.3 is 0 Å². The number of amides is 2. The molecule has 0 heterocycles. The first kappa shape index (κ1) is 19.7. The number of nitrogens with one attached hydrogen (secondary N) is 1. The Morgan fingerprint density at radius 3 is 2.27 bits per heavy atom. The van der Waals surface area contributed by atoms with Gasteiger partial charge in [0.05, 0.1) is 12.5 Å². The van der Waals surface area contributed by atoms with E-state index in [1.165, 1.54) is 0 Å². The van der Waals surface area contributed by atoms with E-state index in [9.17, 15) is 9.59 Å². The smallest absolute Gasteiger partial charge is 0.251 e. The first-order chi connectivity index (χ1) is 12.4. The van der Waals surface area contributed by atoms with Crippen LogP contribution in [0.25, 0.3) is 0 Å². The maximum atomic E-state index is 12.6. The zero-order valence-electron chi connectivity index (χ0n) is 15.6. The fourth-order valence-corrected chi connectivity index (χ4v) is 2.61. The summed E-state index contributed by atoms with van der Waals surface area (Å²) in [5.41, 5.74) is 8.22. The Morgan fingerprint density at radius 2 is 1.69 bits per heavy atom. The maximum Gasteiger partial charge on any atom is 0.251 e. The van der Waals surface area contributed by atoms with Crippen LogP contribution in [0.5, 0.6) is 0 Å². The number of carbonyl (C=O) groups excluding carboxylic acids is 2. The van der Waals surface area contributed by atoms with E-state index in [-0.39, 0.29) is 24.3 Å². The van der Waals surface area contributed by atoms with Crippen LogP contribution in [0.4, 0.5) is 0 Å². The molecule has 3 N–H and O–H groups in total. The number of nitrogens with zero attached hydrogens (tertiary/aromatic N) is 1. The quantitative estimate of drug-likeness (QED) is 0.803. The lowest BCUT2D eigenvalue weighted by Gasteiger charge is -2.27. The van der Waals surface area contributed by atoms with E-state index in [1.54, 1.807) is 24.1 Å². The van der Waals surface area contributed by atoms with E-state index in [1.807, 2.05) is 56.3 Å². The summed E-state index contributed by atoms with van der Waals surface area (Å²) in [7, 11) is 1.74. The minimum Gasteiger partial charge on any atom is -0.345 e. The summed E-state index contributed by atoms with van der Waals surface area (Å²) in [6.07, 6.45) is 0.183. The van der Waals surface area contributed by atoms with Crippen molar-refractivity contribution in [3.8, 4) is 0 Å². The molecule has 2 rings (SSSR count). The average Bonchev–Trinajstić information content (AvgIpc) is 2.67. The summed E-state index contributed by atoms with van der Waals surface area (Å²) in [6.45, 7) is 4.27. The molecule has 0 bridgehead atoms. The van der Waals surface area contributed by atoms with E-state index < -0.39 is 6.04 Å². The third-order valence-corrected chi connectivity index (χ3v) is 4.60. The van der Waals surface area contributed by atoms with E-state index in [4.69, 9.17) is 5.73 Å². The molecule has 138 valence electrons. The molecule has 2 unspecified atom stereocenters. The van der Waals surface area contributed by atoms with Gasteiger partial charge in [0, 0.05) is 25.2 Å². The van der Waals surface area contributed by atoms with Crippen molar-refractivity contribution in [2.75, 3.05) is 13.6 Å². The summed E-state index contributed by atoms with van der Waals surface area (Å²) < 4.78 is 0. The van der Waals surface area contributed by atoms with Gasteiger partial charge in [0.15, 0.2) is 0 Å². The third kappa shape index (κ3) is 5.17. The standard InChI is InChI=1S/C21H27N3O2/c1-15-9-11-18(12-10-15)21(26)23-19(17-7-5-4-6-8-17)13-20(25)24(3)16(2)14-22/h4-12,16,19H,13-14,22H2,1-3H3,(H,23,26). The molecule has 0 saturated heterocycles. The fourth-order valence-electron chi connectivity index (χ4n) is 2.61. The van der Waals surface area contributed by atoms with Crippen molar-refractivity contribution < 1.29 is 9.59 Å². The molecule has 0 aromatic heterocycles. The normalized spacial score (nSPS) is 12.9. The molecule has 2 atom stereocenters. The number of hydrogen-bond donors (Lipinski definition) is 2. The van der Waals surface area contributed by atoms with Crippen LogP contribution >= 0.6 is 0 Å². The molecule has 0 radical (unpaired) electrons. The van der Waals surface area contributed by atoms with Gasteiger partial charge in [0.1, 0.15) is 0 Å². The van der Waals surface area contributed by atoms with Gasteiger partial charge in [-0.3, -0.25) is 9.59 Å². The van der Waals surface area contributed by atoms with Crippen molar-refractivity contribution in [3.05, 3.63) is 71.3 Å². The fraction of sp³-hybridized carbons (Fsp3) is 0.333. The highest BCUT2D eigenvalue weighted by atomic mass is 16.2. The molecule has 26 heavy (non-hydrogen) atoms. The van der Waals surface area contributed by atoms with Gasteiger partial charge in [-0.2, -0.15) is 0 Å². The Morgan fingerprint density at radius 1 is 1.08 bits per heavy atom. The van der Waals surface area contributed by atoms with Gasteiger partial charge in [-0.1, -0.05) is 48.0 Å². The van der Waals surface area contributed by atoms with Gasteiger partial charge in [-0.15, -0.1) is 0 Å². The number of likely N-dealkylation sites (N-methyl/N-ethyl adjacent to an activating group) is 1. The van der Waals surface area contributed by atoms with Gasteiger partial charge in [-0.25, -0.2) is 0 Å². The number of carbonyl (C=O) groups is 2. The lowest BCUT2D eigenvalue weighted by molar-refractivity contribution is -0.132. The summed E-state index contributed by atoms with van der Waals surface area (Å²) in [6, 6.07) is 16.5. The molecular formula is C21H27N3O2. The van der Waals surface area contributed by atoms with Crippen molar-refractivity contribution >= 4 is 11.8 Å². The molecule has 0 spiro atoms. The van der Waals surface area contributed by atoms with Crippen molar-refractivity contribution in [2.45, 2.75) is 32.4 Å². The van der Waals surface area contributed by atoms with E-state index >= 15 is 0 Å². The predicted octanol–water partition coefficient (Wildman–Crippen LogP) is 2.66. The van der Waals surface area contributed by atoms with Crippen LogP contribution in [0.15, 0.2) is 54.6 Å².